The Kier molecular flexibility index (Phi) is 7.25. The number of hydrogen-bond donors (Lipinski definition) is 3. The fourth-order valence-electron chi connectivity index (χ4n) is 2.63. The average Bonchev–Trinajstić information content (AvgIpc) is 2.47. The molecule has 2 amide bonds. The van der Waals surface area contributed by atoms with Gasteiger partial charge in [0.2, 0.25) is 5.91 Å². The second-order valence-corrected chi connectivity index (χ2v) is 6.03. The highest BCUT2D eigenvalue weighted by molar-refractivity contribution is 5.97. The molecule has 1 fully saturated rings. The van der Waals surface area contributed by atoms with E-state index in [4.69, 9.17) is 0 Å². The highest BCUT2D eigenvalue weighted by Crippen LogP contribution is 2.32. The highest BCUT2D eigenvalue weighted by atomic mass is 35.5. The molecule has 1 aliphatic rings. The van der Waals surface area contributed by atoms with Crippen LogP contribution in [0.1, 0.15) is 36.2 Å². The van der Waals surface area contributed by atoms with Gasteiger partial charge in [-0.1, -0.05) is 6.92 Å². The molecule has 25 heavy (non-hydrogen) atoms. The molecule has 1 aliphatic heterocycles. The topological polar surface area (TPSA) is 70.2 Å². The van der Waals surface area contributed by atoms with Gasteiger partial charge in [-0.15, -0.1) is 12.4 Å². The van der Waals surface area contributed by atoms with Crippen molar-refractivity contribution in [1.82, 2.24) is 10.6 Å². The lowest BCUT2D eigenvalue weighted by atomic mass is 9.94. The summed E-state index contributed by atoms with van der Waals surface area (Å²) in [5.41, 5.74) is -1.17. The molecule has 1 saturated heterocycles. The van der Waals surface area contributed by atoms with Crippen LogP contribution in [0.15, 0.2) is 18.2 Å². The monoisotopic (exact) mass is 379 g/mol. The fourth-order valence-corrected chi connectivity index (χ4v) is 2.63. The van der Waals surface area contributed by atoms with E-state index in [2.05, 4.69) is 16.0 Å². The van der Waals surface area contributed by atoms with Gasteiger partial charge in [0, 0.05) is 30.8 Å². The molecule has 2 rings (SSSR count). The fraction of sp³-hybridized carbons (Fsp3) is 0.500. The summed E-state index contributed by atoms with van der Waals surface area (Å²) in [4.78, 5) is 23.5. The van der Waals surface area contributed by atoms with Gasteiger partial charge in [0.15, 0.2) is 0 Å². The summed E-state index contributed by atoms with van der Waals surface area (Å²) in [6, 6.07) is 2.70. The van der Waals surface area contributed by atoms with Crippen molar-refractivity contribution in [3.05, 3.63) is 29.3 Å². The van der Waals surface area contributed by atoms with Crippen molar-refractivity contribution in [1.29, 1.82) is 0 Å². The SMILES string of the molecule is CC(=O)Nc1cc(C(=O)NC2CNCCC2C)cc(C(F)(F)F)c1.Cl. The number of halogens is 4. The number of benzene rings is 1. The van der Waals surface area contributed by atoms with Crippen LogP contribution >= 0.6 is 12.4 Å². The van der Waals surface area contributed by atoms with Crippen molar-refractivity contribution in [2.24, 2.45) is 5.92 Å². The summed E-state index contributed by atoms with van der Waals surface area (Å²) >= 11 is 0. The molecule has 9 heteroatoms. The summed E-state index contributed by atoms with van der Waals surface area (Å²) in [6.07, 6.45) is -3.73. The summed E-state index contributed by atoms with van der Waals surface area (Å²) in [6.45, 7) is 4.60. The van der Waals surface area contributed by atoms with Crippen LogP contribution in [-0.4, -0.2) is 30.9 Å². The number of piperidine rings is 1. The Labute approximate surface area is 150 Å². The molecular weight excluding hydrogens is 359 g/mol. The normalized spacial score (nSPS) is 20.4. The van der Waals surface area contributed by atoms with E-state index in [1.165, 1.54) is 13.0 Å². The molecule has 0 saturated carbocycles. The average molecular weight is 380 g/mol. The lowest BCUT2D eigenvalue weighted by Crippen LogP contribution is -2.50. The molecule has 0 spiro atoms. The third-order valence-corrected chi connectivity index (χ3v) is 3.99. The quantitative estimate of drug-likeness (QED) is 0.756. The van der Waals surface area contributed by atoms with E-state index in [1.807, 2.05) is 6.92 Å². The van der Waals surface area contributed by atoms with Crippen LogP contribution in [0.4, 0.5) is 18.9 Å². The van der Waals surface area contributed by atoms with Gasteiger partial charge in [-0.05, 0) is 37.1 Å². The van der Waals surface area contributed by atoms with Crippen LogP contribution in [0.3, 0.4) is 0 Å². The van der Waals surface area contributed by atoms with Gasteiger partial charge in [0.1, 0.15) is 0 Å². The largest absolute Gasteiger partial charge is 0.416 e. The number of nitrogens with one attached hydrogen (secondary N) is 3. The molecule has 0 bridgehead atoms. The molecule has 3 N–H and O–H groups in total. The molecule has 1 heterocycles. The number of rotatable bonds is 3. The lowest BCUT2D eigenvalue weighted by Gasteiger charge is -2.30. The van der Waals surface area contributed by atoms with E-state index in [0.29, 0.717) is 6.54 Å². The Morgan fingerprint density at radius 1 is 1.24 bits per heavy atom. The smallest absolute Gasteiger partial charge is 0.348 e. The second-order valence-electron chi connectivity index (χ2n) is 6.03. The molecule has 0 radical (unpaired) electrons. The number of hydrogen-bond acceptors (Lipinski definition) is 3. The number of carbonyl (C=O) groups is 2. The molecule has 5 nitrogen and oxygen atoms in total. The first kappa shape index (κ1) is 21.2. The van der Waals surface area contributed by atoms with Crippen LogP contribution < -0.4 is 16.0 Å². The Bertz CT molecular complexity index is 638. The van der Waals surface area contributed by atoms with Gasteiger partial charge in [-0.2, -0.15) is 13.2 Å². The Morgan fingerprint density at radius 2 is 1.92 bits per heavy atom. The molecule has 0 aromatic heterocycles. The second kappa shape index (κ2) is 8.53. The van der Waals surface area contributed by atoms with E-state index in [0.717, 1.165) is 25.1 Å². The minimum atomic E-state index is -4.61. The maximum Gasteiger partial charge on any atom is 0.416 e. The van der Waals surface area contributed by atoms with Gasteiger partial charge in [0.25, 0.3) is 5.91 Å². The van der Waals surface area contributed by atoms with E-state index in [-0.39, 0.29) is 35.6 Å². The zero-order chi connectivity index (χ0) is 17.9. The molecule has 2 atom stereocenters. The first-order chi connectivity index (χ1) is 11.2. The summed E-state index contributed by atoms with van der Waals surface area (Å²) in [5.74, 6) is -0.866. The van der Waals surface area contributed by atoms with Crippen LogP contribution in [0.5, 0.6) is 0 Å². The number of carbonyl (C=O) groups excluding carboxylic acids is 2. The van der Waals surface area contributed by atoms with Gasteiger partial charge in [-0.25, -0.2) is 0 Å². The number of alkyl halides is 3. The third kappa shape index (κ3) is 5.89. The van der Waals surface area contributed by atoms with E-state index in [1.54, 1.807) is 0 Å². The predicted molar refractivity (Wildman–Crippen MR) is 90.9 cm³/mol. The summed E-state index contributed by atoms with van der Waals surface area (Å²) in [7, 11) is 0. The Balaban J connectivity index is 0.00000312. The Hall–Kier alpha value is -1.80. The van der Waals surface area contributed by atoms with Gasteiger partial charge in [-0.3, -0.25) is 9.59 Å². The summed E-state index contributed by atoms with van der Waals surface area (Å²) < 4.78 is 39.0. The molecule has 2 unspecified atom stereocenters. The van der Waals surface area contributed by atoms with Crippen LogP contribution in [0, 0.1) is 5.92 Å². The van der Waals surface area contributed by atoms with Crippen molar-refractivity contribution in [3.8, 4) is 0 Å². The van der Waals surface area contributed by atoms with E-state index in [9.17, 15) is 22.8 Å². The van der Waals surface area contributed by atoms with Crippen LogP contribution in [0.25, 0.3) is 0 Å². The maximum atomic E-state index is 13.0. The zero-order valence-corrected chi connectivity index (χ0v) is 14.7. The first-order valence-electron chi connectivity index (χ1n) is 7.68. The van der Waals surface area contributed by atoms with Gasteiger partial charge in [0.05, 0.1) is 5.56 Å². The minimum absolute atomic E-state index is 0. The maximum absolute atomic E-state index is 13.0. The van der Waals surface area contributed by atoms with Crippen molar-refractivity contribution in [2.45, 2.75) is 32.5 Å². The van der Waals surface area contributed by atoms with Crippen molar-refractivity contribution >= 4 is 29.9 Å². The van der Waals surface area contributed by atoms with Crippen LogP contribution in [0.2, 0.25) is 0 Å². The molecule has 1 aromatic carbocycles. The van der Waals surface area contributed by atoms with Crippen molar-refractivity contribution < 1.29 is 22.8 Å². The van der Waals surface area contributed by atoms with E-state index >= 15 is 0 Å². The first-order valence-corrected chi connectivity index (χ1v) is 7.68. The van der Waals surface area contributed by atoms with E-state index < -0.39 is 23.6 Å². The molecule has 1 aromatic rings. The van der Waals surface area contributed by atoms with Crippen LogP contribution in [-0.2, 0) is 11.0 Å². The van der Waals surface area contributed by atoms with Gasteiger partial charge < -0.3 is 16.0 Å². The minimum Gasteiger partial charge on any atom is -0.348 e. The summed E-state index contributed by atoms with van der Waals surface area (Å²) in [5, 5.41) is 8.20. The van der Waals surface area contributed by atoms with Gasteiger partial charge >= 0.3 is 6.18 Å². The lowest BCUT2D eigenvalue weighted by molar-refractivity contribution is -0.137. The standard InChI is InChI=1S/C16H20F3N3O2.ClH/c1-9-3-4-20-8-14(9)22-15(24)11-5-12(16(17,18)19)7-13(6-11)21-10(2)23;/h5-7,9,14,20H,3-4,8H2,1-2H3,(H,21,23)(H,22,24);1H. The third-order valence-electron chi connectivity index (χ3n) is 3.99. The zero-order valence-electron chi connectivity index (χ0n) is 13.9. The molecule has 140 valence electrons. The number of amides is 2. The Morgan fingerprint density at radius 3 is 2.48 bits per heavy atom. The molecule has 0 aliphatic carbocycles. The highest BCUT2D eigenvalue weighted by Gasteiger charge is 2.32. The number of anilines is 1. The molecular formula is C16H21ClF3N3O2. The van der Waals surface area contributed by atoms with Crippen molar-refractivity contribution in [2.75, 3.05) is 18.4 Å². The van der Waals surface area contributed by atoms with Crippen molar-refractivity contribution in [3.63, 3.8) is 0 Å². The predicted octanol–water partition coefficient (Wildman–Crippen LogP) is 2.81.